The lowest BCUT2D eigenvalue weighted by Crippen LogP contribution is -2.37. The molecule has 3 rings (SSSR count). The summed E-state index contributed by atoms with van der Waals surface area (Å²) in [6.07, 6.45) is 3.38. The highest BCUT2D eigenvalue weighted by molar-refractivity contribution is 7.99. The zero-order chi connectivity index (χ0) is 22.4. The summed E-state index contributed by atoms with van der Waals surface area (Å²) in [5.74, 6) is 0.369. The summed E-state index contributed by atoms with van der Waals surface area (Å²) in [7, 11) is -0.0361. The maximum Gasteiger partial charge on any atom is 0.339 e. The highest BCUT2D eigenvalue weighted by atomic mass is 32.2. The molecule has 0 aliphatic carbocycles. The predicted octanol–water partition coefficient (Wildman–Crippen LogP) is 3.74. The van der Waals surface area contributed by atoms with Gasteiger partial charge in [-0.2, -0.15) is 4.40 Å². The Morgan fingerprint density at radius 1 is 1.23 bits per heavy atom. The van der Waals surface area contributed by atoms with Crippen LogP contribution < -0.4 is 4.90 Å². The van der Waals surface area contributed by atoms with Gasteiger partial charge in [-0.1, -0.05) is 23.9 Å². The highest BCUT2D eigenvalue weighted by Crippen LogP contribution is 2.35. The van der Waals surface area contributed by atoms with Crippen molar-refractivity contribution >= 4 is 40.7 Å². The first-order valence-electron chi connectivity index (χ1n) is 9.94. The summed E-state index contributed by atoms with van der Waals surface area (Å²) < 4.78 is 26.8. The van der Waals surface area contributed by atoms with Crippen LogP contribution in [0, 0.1) is 0 Å². The van der Waals surface area contributed by atoms with Gasteiger partial charge in [0.1, 0.15) is 16.8 Å². The van der Waals surface area contributed by atoms with Gasteiger partial charge in [-0.25, -0.2) is 14.0 Å². The number of hydrogen-bond donors (Lipinski definition) is 0. The van der Waals surface area contributed by atoms with Crippen molar-refractivity contribution < 1.29 is 18.5 Å². The molecule has 0 amide bonds. The summed E-state index contributed by atoms with van der Waals surface area (Å²) in [4.78, 5) is 20.6. The second kappa shape index (κ2) is 10.4. The van der Waals surface area contributed by atoms with Crippen LogP contribution in [0.1, 0.15) is 36.7 Å². The van der Waals surface area contributed by atoms with Crippen LogP contribution in [-0.4, -0.2) is 59.5 Å². The average Bonchev–Trinajstić information content (AvgIpc) is 2.77. The number of morpholine rings is 1. The fourth-order valence-corrected chi connectivity index (χ4v) is 4.44. The van der Waals surface area contributed by atoms with E-state index >= 15 is 0 Å². The monoisotopic (exact) mass is 461 g/mol. The van der Waals surface area contributed by atoms with Crippen LogP contribution in [0.4, 0.5) is 5.82 Å². The molecule has 1 saturated heterocycles. The van der Waals surface area contributed by atoms with Gasteiger partial charge in [0, 0.05) is 35.3 Å². The Hall–Kier alpha value is -2.23. The van der Waals surface area contributed by atoms with Crippen LogP contribution in [-0.2, 0) is 20.5 Å². The molecule has 1 aliphatic heterocycles. The smallest absolute Gasteiger partial charge is 0.339 e. The number of carbonyl (C=O) groups excluding carboxylic acids is 1. The summed E-state index contributed by atoms with van der Waals surface area (Å²) in [6, 6.07) is 9.17. The van der Waals surface area contributed by atoms with E-state index in [4.69, 9.17) is 9.47 Å². The van der Waals surface area contributed by atoms with E-state index in [-0.39, 0.29) is 0 Å². The molecule has 1 unspecified atom stereocenters. The zero-order valence-corrected chi connectivity index (χ0v) is 19.8. The lowest BCUT2D eigenvalue weighted by molar-refractivity contribution is 0.0597. The second-order valence-electron chi connectivity index (χ2n) is 7.83. The van der Waals surface area contributed by atoms with E-state index < -0.39 is 21.7 Å². The maximum atomic E-state index is 12.6. The Labute approximate surface area is 189 Å². The third kappa shape index (κ3) is 5.93. The molecule has 31 heavy (non-hydrogen) atoms. The van der Waals surface area contributed by atoms with E-state index in [0.717, 1.165) is 21.2 Å². The van der Waals surface area contributed by atoms with Gasteiger partial charge < -0.3 is 14.4 Å². The number of pyridine rings is 1. The number of aromatic nitrogens is 1. The predicted molar refractivity (Wildman–Crippen MR) is 125 cm³/mol. The molecule has 0 spiro atoms. The normalized spacial score (nSPS) is 15.8. The molecule has 1 aromatic heterocycles. The van der Waals surface area contributed by atoms with Crippen molar-refractivity contribution in [1.29, 1.82) is 0 Å². The number of hydrogen-bond acceptors (Lipinski definition) is 7. The molecule has 2 heterocycles. The molecule has 166 valence electrons. The molecule has 0 N–H and O–H groups in total. The summed E-state index contributed by atoms with van der Waals surface area (Å²) >= 11 is 1.43. The molecule has 2 aromatic rings. The standard InChI is InChI=1S/C22H27N3O4S2/c1-22(2,3)31(27)24-15-17-19(9-10-23-20(17)25-11-13-29-14-12-25)30-18-8-6-5-7-16(18)21(26)28-4/h5-10,15H,11-14H2,1-4H3. The molecule has 1 aliphatic rings. The topological polar surface area (TPSA) is 81.1 Å². The number of carbonyl (C=O) groups is 1. The Bertz CT molecular complexity index is 983. The van der Waals surface area contributed by atoms with E-state index in [1.807, 2.05) is 39.0 Å². The molecule has 1 fully saturated rings. The van der Waals surface area contributed by atoms with Crippen molar-refractivity contribution in [3.63, 3.8) is 0 Å². The van der Waals surface area contributed by atoms with Crippen molar-refractivity contribution in [1.82, 2.24) is 4.98 Å². The minimum absolute atomic E-state index is 0.394. The van der Waals surface area contributed by atoms with Crippen LogP contribution in [0.2, 0.25) is 0 Å². The fourth-order valence-electron chi connectivity index (χ4n) is 2.89. The van der Waals surface area contributed by atoms with Gasteiger partial charge >= 0.3 is 5.97 Å². The van der Waals surface area contributed by atoms with E-state index in [1.54, 1.807) is 24.5 Å². The molecule has 9 heteroatoms. The van der Waals surface area contributed by atoms with Crippen LogP contribution in [0.25, 0.3) is 0 Å². The SMILES string of the molecule is COC(=O)c1ccccc1Sc1ccnc(N2CCOCC2)c1C=NS(=O)C(C)(C)C. The Balaban J connectivity index is 2.05. The lowest BCUT2D eigenvalue weighted by Gasteiger charge is -2.29. The number of esters is 1. The second-order valence-corrected chi connectivity index (χ2v) is 10.8. The minimum Gasteiger partial charge on any atom is -0.465 e. The first-order chi connectivity index (χ1) is 14.8. The Morgan fingerprint density at radius 3 is 2.61 bits per heavy atom. The number of benzene rings is 1. The van der Waals surface area contributed by atoms with Crippen molar-refractivity contribution in [2.45, 2.75) is 35.3 Å². The largest absolute Gasteiger partial charge is 0.465 e. The van der Waals surface area contributed by atoms with Crippen molar-refractivity contribution in [3.8, 4) is 0 Å². The number of rotatable bonds is 6. The molecular formula is C22H27N3O4S2. The van der Waals surface area contributed by atoms with Crippen LogP contribution in [0.5, 0.6) is 0 Å². The van der Waals surface area contributed by atoms with Crippen LogP contribution in [0.15, 0.2) is 50.7 Å². The number of anilines is 1. The molecule has 1 atom stereocenters. The number of nitrogens with zero attached hydrogens (tertiary/aromatic N) is 3. The van der Waals surface area contributed by atoms with E-state index in [2.05, 4.69) is 14.3 Å². The Kier molecular flexibility index (Phi) is 7.85. The zero-order valence-electron chi connectivity index (χ0n) is 18.2. The van der Waals surface area contributed by atoms with Gasteiger partial charge in [0.2, 0.25) is 0 Å². The van der Waals surface area contributed by atoms with E-state index in [1.165, 1.54) is 18.9 Å². The summed E-state index contributed by atoms with van der Waals surface area (Å²) in [5.41, 5.74) is 1.26. The quantitative estimate of drug-likeness (QED) is 0.479. The molecule has 0 saturated carbocycles. The average molecular weight is 462 g/mol. The van der Waals surface area contributed by atoms with Crippen LogP contribution >= 0.6 is 11.8 Å². The summed E-state index contributed by atoms with van der Waals surface area (Å²) in [6.45, 7) is 8.31. The number of methoxy groups -OCH3 is 1. The summed E-state index contributed by atoms with van der Waals surface area (Å²) in [5, 5.41) is 0. The van der Waals surface area contributed by atoms with Gasteiger partial charge in [0.15, 0.2) is 0 Å². The van der Waals surface area contributed by atoms with Crippen molar-refractivity contribution in [2.75, 3.05) is 38.3 Å². The molecule has 0 bridgehead atoms. The van der Waals surface area contributed by atoms with Gasteiger partial charge in [-0.05, 0) is 39.0 Å². The molecule has 7 nitrogen and oxygen atoms in total. The lowest BCUT2D eigenvalue weighted by atomic mass is 10.2. The van der Waals surface area contributed by atoms with E-state index in [0.29, 0.717) is 31.9 Å². The molecular weight excluding hydrogens is 434 g/mol. The van der Waals surface area contributed by atoms with Crippen LogP contribution in [0.3, 0.4) is 0 Å². The third-order valence-electron chi connectivity index (χ3n) is 4.55. The first kappa shape index (κ1) is 23.4. The van der Waals surface area contributed by atoms with Gasteiger partial charge in [0.25, 0.3) is 0 Å². The maximum absolute atomic E-state index is 12.6. The van der Waals surface area contributed by atoms with Crippen molar-refractivity contribution in [2.24, 2.45) is 4.40 Å². The highest BCUT2D eigenvalue weighted by Gasteiger charge is 2.22. The van der Waals surface area contributed by atoms with Gasteiger partial charge in [-0.3, -0.25) is 0 Å². The Morgan fingerprint density at radius 2 is 1.94 bits per heavy atom. The third-order valence-corrected chi connectivity index (χ3v) is 7.05. The van der Waals surface area contributed by atoms with Gasteiger partial charge in [0.05, 0.1) is 36.2 Å². The molecule has 1 aromatic carbocycles. The molecule has 0 radical (unpaired) electrons. The van der Waals surface area contributed by atoms with Gasteiger partial charge in [-0.15, -0.1) is 0 Å². The van der Waals surface area contributed by atoms with E-state index in [9.17, 15) is 9.00 Å². The first-order valence-corrected chi connectivity index (χ1v) is 11.9. The number of ether oxygens (including phenoxy) is 2. The van der Waals surface area contributed by atoms with Crippen molar-refractivity contribution in [3.05, 3.63) is 47.7 Å². The fraction of sp³-hybridized carbons (Fsp3) is 0.409. The minimum atomic E-state index is -1.40.